The first-order chi connectivity index (χ1) is 8.30. The van der Waals surface area contributed by atoms with Gasteiger partial charge in [-0.1, -0.05) is 6.92 Å². The van der Waals surface area contributed by atoms with Crippen molar-refractivity contribution in [2.24, 2.45) is 5.73 Å². The second-order valence-corrected chi connectivity index (χ2v) is 4.18. The highest BCUT2D eigenvalue weighted by molar-refractivity contribution is 5.31. The molecule has 0 radical (unpaired) electrons. The number of halogens is 5. The van der Waals surface area contributed by atoms with Crippen molar-refractivity contribution in [3.05, 3.63) is 34.6 Å². The summed E-state index contributed by atoms with van der Waals surface area (Å²) in [5, 5.41) is 8.81. The van der Waals surface area contributed by atoms with Crippen LogP contribution in [-0.2, 0) is 5.41 Å². The highest BCUT2D eigenvalue weighted by atomic mass is 19.2. The Bertz CT molecular complexity index is 436. The molecule has 1 aromatic rings. The predicted octanol–water partition coefficient (Wildman–Crippen LogP) is 1.98. The maximum absolute atomic E-state index is 13.6. The summed E-state index contributed by atoms with van der Waals surface area (Å²) in [5.74, 6) is -10.1. The van der Waals surface area contributed by atoms with Crippen LogP contribution in [0.15, 0.2) is 0 Å². The molecule has 0 aliphatic rings. The van der Waals surface area contributed by atoms with Crippen LogP contribution < -0.4 is 5.73 Å². The van der Waals surface area contributed by atoms with Gasteiger partial charge in [0.05, 0.1) is 0 Å². The van der Waals surface area contributed by atoms with E-state index in [1.54, 1.807) is 0 Å². The summed E-state index contributed by atoms with van der Waals surface area (Å²) in [4.78, 5) is 0. The van der Waals surface area contributed by atoms with Crippen LogP contribution in [0.3, 0.4) is 0 Å². The summed E-state index contributed by atoms with van der Waals surface area (Å²) in [7, 11) is 0. The fourth-order valence-electron chi connectivity index (χ4n) is 1.71. The Kier molecular flexibility index (Phi) is 4.28. The lowest BCUT2D eigenvalue weighted by atomic mass is 9.79. The lowest BCUT2D eigenvalue weighted by Crippen LogP contribution is -2.36. The van der Waals surface area contributed by atoms with Crippen LogP contribution in [-0.4, -0.2) is 18.3 Å². The van der Waals surface area contributed by atoms with Gasteiger partial charge in [-0.3, -0.25) is 0 Å². The Labute approximate surface area is 100 Å². The van der Waals surface area contributed by atoms with Gasteiger partial charge in [-0.15, -0.1) is 0 Å². The van der Waals surface area contributed by atoms with E-state index in [-0.39, 0.29) is 13.0 Å². The molecule has 2 nitrogen and oxygen atoms in total. The topological polar surface area (TPSA) is 46.2 Å². The first kappa shape index (κ1) is 14.8. The summed E-state index contributed by atoms with van der Waals surface area (Å²) in [6.45, 7) is 0.362. The second-order valence-electron chi connectivity index (χ2n) is 4.18. The molecule has 1 unspecified atom stereocenters. The Morgan fingerprint density at radius 1 is 0.944 bits per heavy atom. The van der Waals surface area contributed by atoms with E-state index in [0.717, 1.165) is 0 Å². The van der Waals surface area contributed by atoms with Crippen molar-refractivity contribution >= 4 is 0 Å². The molecular weight excluding hydrogens is 257 g/mol. The van der Waals surface area contributed by atoms with Crippen molar-refractivity contribution in [3.8, 4) is 0 Å². The van der Waals surface area contributed by atoms with Crippen LogP contribution >= 0.6 is 0 Å². The summed E-state index contributed by atoms with van der Waals surface area (Å²) >= 11 is 0. The largest absolute Gasteiger partial charge is 0.396 e. The number of rotatable bonds is 4. The molecule has 0 spiro atoms. The van der Waals surface area contributed by atoms with Crippen molar-refractivity contribution in [1.82, 2.24) is 0 Å². The van der Waals surface area contributed by atoms with E-state index in [1.807, 2.05) is 0 Å². The van der Waals surface area contributed by atoms with E-state index in [1.165, 1.54) is 6.92 Å². The lowest BCUT2D eigenvalue weighted by molar-refractivity contribution is 0.237. The number of benzene rings is 1. The number of hydrogen-bond acceptors (Lipinski definition) is 2. The zero-order valence-corrected chi connectivity index (χ0v) is 9.54. The standard InChI is InChI=1S/C11H12F5NO/c1-11(4-17,2-3-18)5-6(12)8(14)10(16)9(15)7(5)13/h18H,2-4,17H2,1H3. The molecule has 0 aromatic heterocycles. The molecule has 1 rings (SSSR count). The summed E-state index contributed by atoms with van der Waals surface area (Å²) < 4.78 is 66.1. The minimum absolute atomic E-state index is 0.220. The Morgan fingerprint density at radius 2 is 1.33 bits per heavy atom. The SMILES string of the molecule is CC(CN)(CCO)c1c(F)c(F)c(F)c(F)c1F. The molecule has 0 saturated heterocycles. The van der Waals surface area contributed by atoms with Gasteiger partial charge in [0, 0.05) is 24.1 Å². The van der Waals surface area contributed by atoms with Gasteiger partial charge in [0.1, 0.15) is 0 Å². The van der Waals surface area contributed by atoms with Crippen molar-refractivity contribution in [3.63, 3.8) is 0 Å². The van der Waals surface area contributed by atoms with Crippen molar-refractivity contribution in [2.75, 3.05) is 13.2 Å². The quantitative estimate of drug-likeness (QED) is 0.499. The van der Waals surface area contributed by atoms with Crippen molar-refractivity contribution < 1.29 is 27.1 Å². The highest BCUT2D eigenvalue weighted by Crippen LogP contribution is 2.34. The average Bonchev–Trinajstić information content (AvgIpc) is 2.34. The van der Waals surface area contributed by atoms with Crippen LogP contribution in [0, 0.1) is 29.1 Å². The van der Waals surface area contributed by atoms with E-state index in [2.05, 4.69) is 0 Å². The van der Waals surface area contributed by atoms with Gasteiger partial charge in [0.15, 0.2) is 23.3 Å². The van der Waals surface area contributed by atoms with Gasteiger partial charge < -0.3 is 10.8 Å². The zero-order valence-electron chi connectivity index (χ0n) is 9.54. The van der Waals surface area contributed by atoms with Crippen molar-refractivity contribution in [2.45, 2.75) is 18.8 Å². The number of aliphatic hydroxyl groups is 1. The second kappa shape index (κ2) is 5.19. The first-order valence-corrected chi connectivity index (χ1v) is 5.13. The van der Waals surface area contributed by atoms with E-state index in [0.29, 0.717) is 0 Å². The third kappa shape index (κ3) is 2.20. The average molecular weight is 269 g/mol. The van der Waals surface area contributed by atoms with Gasteiger partial charge in [0.2, 0.25) is 5.82 Å². The fraction of sp³-hybridized carbons (Fsp3) is 0.455. The van der Waals surface area contributed by atoms with Crippen LogP contribution in [0.1, 0.15) is 18.9 Å². The maximum Gasteiger partial charge on any atom is 0.200 e. The molecule has 0 heterocycles. The van der Waals surface area contributed by atoms with E-state index in [4.69, 9.17) is 10.8 Å². The van der Waals surface area contributed by atoms with Crippen LogP contribution in [0.25, 0.3) is 0 Å². The molecule has 0 amide bonds. The third-order valence-corrected chi connectivity index (χ3v) is 2.93. The molecule has 1 atom stereocenters. The fourth-order valence-corrected chi connectivity index (χ4v) is 1.71. The molecule has 3 N–H and O–H groups in total. The molecule has 1 aromatic carbocycles. The molecule has 18 heavy (non-hydrogen) atoms. The van der Waals surface area contributed by atoms with E-state index in [9.17, 15) is 22.0 Å². The smallest absolute Gasteiger partial charge is 0.200 e. The molecule has 0 fully saturated rings. The minimum atomic E-state index is -2.21. The Hall–Kier alpha value is -1.21. The molecule has 0 saturated carbocycles. The number of aliphatic hydroxyl groups excluding tert-OH is 1. The summed E-state index contributed by atoms with van der Waals surface area (Å²) in [6, 6.07) is 0. The van der Waals surface area contributed by atoms with E-state index >= 15 is 0 Å². The summed E-state index contributed by atoms with van der Waals surface area (Å²) in [6.07, 6.45) is -0.220. The number of nitrogens with two attached hydrogens (primary N) is 1. The molecule has 0 aliphatic heterocycles. The molecule has 0 aliphatic carbocycles. The predicted molar refractivity (Wildman–Crippen MR) is 54.3 cm³/mol. The molecule has 102 valence electrons. The molecule has 7 heteroatoms. The van der Waals surface area contributed by atoms with Crippen LogP contribution in [0.4, 0.5) is 22.0 Å². The van der Waals surface area contributed by atoms with Gasteiger partial charge in [-0.05, 0) is 6.42 Å². The molecule has 0 bridgehead atoms. The van der Waals surface area contributed by atoms with Crippen LogP contribution in [0.5, 0.6) is 0 Å². The first-order valence-electron chi connectivity index (χ1n) is 5.13. The van der Waals surface area contributed by atoms with E-state index < -0.39 is 46.7 Å². The maximum atomic E-state index is 13.6. The summed E-state index contributed by atoms with van der Waals surface area (Å²) in [5.41, 5.74) is 2.80. The minimum Gasteiger partial charge on any atom is -0.396 e. The number of hydrogen-bond donors (Lipinski definition) is 2. The van der Waals surface area contributed by atoms with Gasteiger partial charge >= 0.3 is 0 Å². The highest BCUT2D eigenvalue weighted by Gasteiger charge is 2.36. The van der Waals surface area contributed by atoms with Crippen LogP contribution in [0.2, 0.25) is 0 Å². The normalized spacial score (nSPS) is 14.7. The third-order valence-electron chi connectivity index (χ3n) is 2.93. The zero-order chi connectivity index (χ0) is 14.1. The van der Waals surface area contributed by atoms with Crippen molar-refractivity contribution in [1.29, 1.82) is 0 Å². The Balaban J connectivity index is 3.59. The van der Waals surface area contributed by atoms with Gasteiger partial charge in [-0.2, -0.15) is 0 Å². The lowest BCUT2D eigenvalue weighted by Gasteiger charge is -2.28. The molecular formula is C11H12F5NO. The van der Waals surface area contributed by atoms with Gasteiger partial charge in [0.25, 0.3) is 0 Å². The van der Waals surface area contributed by atoms with Gasteiger partial charge in [-0.25, -0.2) is 22.0 Å². The Morgan fingerprint density at radius 3 is 1.67 bits per heavy atom. The monoisotopic (exact) mass is 269 g/mol.